The van der Waals surface area contributed by atoms with Crippen molar-refractivity contribution < 1.29 is 0 Å². The Kier molecular flexibility index (Phi) is 6.76. The van der Waals surface area contributed by atoms with Crippen LogP contribution in [0.1, 0.15) is 36.4 Å². The molecule has 0 amide bonds. The van der Waals surface area contributed by atoms with Crippen LogP contribution in [-0.4, -0.2) is 14.1 Å². The lowest BCUT2D eigenvalue weighted by atomic mass is 9.93. The van der Waals surface area contributed by atoms with Crippen molar-refractivity contribution in [2.24, 2.45) is 0 Å². The number of rotatable bonds is 5. The molecule has 0 radical (unpaired) electrons. The maximum Gasteiger partial charge on any atom is 0.138 e. The summed E-state index contributed by atoms with van der Waals surface area (Å²) in [5.74, 6) is 1.22. The van der Waals surface area contributed by atoms with Gasteiger partial charge in [0.2, 0.25) is 0 Å². The zero-order valence-electron chi connectivity index (χ0n) is 27.7. The van der Waals surface area contributed by atoms with Gasteiger partial charge in [-0.25, -0.2) is 4.98 Å². The molecule has 0 saturated carbocycles. The topological polar surface area (TPSA) is 22.8 Å². The quantitative estimate of drug-likeness (QED) is 0.183. The first kappa shape index (κ1) is 28.8. The molecule has 50 heavy (non-hydrogen) atoms. The van der Waals surface area contributed by atoms with Crippen LogP contribution >= 0.6 is 0 Å². The van der Waals surface area contributed by atoms with Crippen LogP contribution in [0.2, 0.25) is 0 Å². The first-order valence-electron chi connectivity index (χ1n) is 17.7. The number of para-hydroxylation sites is 3. The lowest BCUT2D eigenvalue weighted by Gasteiger charge is -2.18. The van der Waals surface area contributed by atoms with Gasteiger partial charge in [0.25, 0.3) is 0 Å². The van der Waals surface area contributed by atoms with Crippen molar-refractivity contribution in [1.29, 1.82) is 0 Å². The van der Waals surface area contributed by atoms with Gasteiger partial charge in [-0.2, -0.15) is 0 Å². The second-order valence-corrected chi connectivity index (χ2v) is 13.4. The third-order valence-corrected chi connectivity index (χ3v) is 10.4. The first-order chi connectivity index (χ1) is 24.8. The average molecular weight is 642 g/mol. The Morgan fingerprint density at radius 3 is 2.16 bits per heavy atom. The van der Waals surface area contributed by atoms with Crippen LogP contribution in [0.4, 0.5) is 0 Å². The van der Waals surface area contributed by atoms with Gasteiger partial charge in [0.1, 0.15) is 5.82 Å². The third kappa shape index (κ3) is 4.62. The van der Waals surface area contributed by atoms with E-state index in [2.05, 4.69) is 179 Å². The molecule has 1 atom stereocenters. The lowest BCUT2D eigenvalue weighted by molar-refractivity contribution is 0.807. The molecule has 0 N–H and O–H groups in total. The van der Waals surface area contributed by atoms with Gasteiger partial charge in [-0.15, -0.1) is 0 Å². The number of pyridine rings is 1. The monoisotopic (exact) mass is 641 g/mol. The summed E-state index contributed by atoms with van der Waals surface area (Å²) in [4.78, 5) is 5.41. The summed E-state index contributed by atoms with van der Waals surface area (Å²) in [5.41, 5.74) is 12.0. The zero-order chi connectivity index (χ0) is 33.0. The molecular formula is C47H35N3. The fourth-order valence-corrected chi connectivity index (χ4v) is 8.14. The number of nitrogens with zero attached hydrogens (tertiary/aromatic N) is 3. The Balaban J connectivity index is 1.20. The molecule has 1 unspecified atom stereocenters. The summed E-state index contributed by atoms with van der Waals surface area (Å²) in [7, 11) is 0. The molecule has 0 aliphatic heterocycles. The number of hydrogen-bond acceptors (Lipinski definition) is 1. The Labute approximate surface area is 291 Å². The van der Waals surface area contributed by atoms with Crippen molar-refractivity contribution in [3.8, 4) is 22.6 Å². The van der Waals surface area contributed by atoms with Crippen LogP contribution in [0, 0.1) is 0 Å². The minimum absolute atomic E-state index is 0.255. The molecule has 5 aromatic carbocycles. The van der Waals surface area contributed by atoms with E-state index in [0.29, 0.717) is 0 Å². The smallest absolute Gasteiger partial charge is 0.138 e. The van der Waals surface area contributed by atoms with Gasteiger partial charge in [0.05, 0.1) is 27.8 Å². The fraction of sp³-hybridized carbons (Fsp3) is 0.0851. The van der Waals surface area contributed by atoms with E-state index in [-0.39, 0.29) is 5.92 Å². The van der Waals surface area contributed by atoms with E-state index >= 15 is 0 Å². The number of aromatic nitrogens is 3. The SMILES string of the molecule is C1=CCC(c2cc(C3=CCCC=C3)cc(-n3c4ccccc4c4cc(-c5cccc6c5c5ccccc5n6-c5ccccc5)ccc43)n2)C=C1. The second kappa shape index (κ2) is 11.7. The van der Waals surface area contributed by atoms with Crippen molar-refractivity contribution in [2.75, 3.05) is 0 Å². The van der Waals surface area contributed by atoms with E-state index in [9.17, 15) is 0 Å². The molecule has 0 fully saturated rings. The summed E-state index contributed by atoms with van der Waals surface area (Å²) < 4.78 is 4.77. The van der Waals surface area contributed by atoms with E-state index in [1.165, 1.54) is 66.0 Å². The van der Waals surface area contributed by atoms with Crippen LogP contribution in [-0.2, 0) is 0 Å². The van der Waals surface area contributed by atoms with E-state index < -0.39 is 0 Å². The molecule has 8 aromatic rings. The van der Waals surface area contributed by atoms with Crippen LogP contribution in [0.3, 0.4) is 0 Å². The number of benzene rings is 5. The van der Waals surface area contributed by atoms with E-state index in [4.69, 9.17) is 4.98 Å². The van der Waals surface area contributed by atoms with E-state index in [1.54, 1.807) is 0 Å². The maximum absolute atomic E-state index is 5.41. The Bertz CT molecular complexity index is 2730. The molecule has 0 saturated heterocycles. The molecule has 0 spiro atoms. The normalized spacial score (nSPS) is 15.8. The van der Waals surface area contributed by atoms with Gasteiger partial charge in [0.15, 0.2) is 0 Å². The van der Waals surface area contributed by atoms with Crippen molar-refractivity contribution in [3.63, 3.8) is 0 Å². The zero-order valence-corrected chi connectivity index (χ0v) is 27.7. The first-order valence-corrected chi connectivity index (χ1v) is 17.7. The van der Waals surface area contributed by atoms with E-state index in [0.717, 1.165) is 36.3 Å². The highest BCUT2D eigenvalue weighted by atomic mass is 15.1. The molecule has 3 heterocycles. The van der Waals surface area contributed by atoms with Crippen molar-refractivity contribution >= 4 is 49.2 Å². The van der Waals surface area contributed by atoms with Crippen molar-refractivity contribution in [2.45, 2.75) is 25.2 Å². The van der Waals surface area contributed by atoms with Crippen molar-refractivity contribution in [3.05, 3.63) is 181 Å². The predicted octanol–water partition coefficient (Wildman–Crippen LogP) is 12.3. The van der Waals surface area contributed by atoms with Crippen LogP contribution in [0.25, 0.3) is 71.8 Å². The highest BCUT2D eigenvalue weighted by molar-refractivity contribution is 6.17. The Morgan fingerprint density at radius 2 is 1.34 bits per heavy atom. The molecule has 2 aliphatic rings. The van der Waals surface area contributed by atoms with Gasteiger partial charge in [-0.3, -0.25) is 4.57 Å². The van der Waals surface area contributed by atoms with E-state index in [1.807, 2.05) is 0 Å². The summed E-state index contributed by atoms with van der Waals surface area (Å²) in [6.07, 6.45) is 18.9. The summed E-state index contributed by atoms with van der Waals surface area (Å²) in [6.45, 7) is 0. The number of allylic oxidation sites excluding steroid dienone is 8. The van der Waals surface area contributed by atoms with Gasteiger partial charge < -0.3 is 4.57 Å². The lowest BCUT2D eigenvalue weighted by Crippen LogP contribution is -2.06. The molecule has 238 valence electrons. The standard InChI is InChI=1S/C47H35N3/c1-4-15-32(16-5-1)35-30-41(33-17-6-2-7-18-33)48-46(31-35)50-42-24-12-10-21-38(42)40-29-34(27-28-44(40)50)37-23-14-26-45-47(37)39-22-11-13-25-43(39)49(45)36-19-8-3-9-20-36/h2-4,6-17,19-31,33H,1,5,18H2. The van der Waals surface area contributed by atoms with Gasteiger partial charge in [-0.05, 0) is 96.1 Å². The summed E-state index contributed by atoms with van der Waals surface area (Å²) in [6, 6.07) is 46.6. The van der Waals surface area contributed by atoms with Crippen LogP contribution < -0.4 is 0 Å². The maximum atomic E-state index is 5.41. The molecular weight excluding hydrogens is 607 g/mol. The molecule has 3 heteroatoms. The van der Waals surface area contributed by atoms with Gasteiger partial charge in [-0.1, -0.05) is 115 Å². The van der Waals surface area contributed by atoms with Crippen molar-refractivity contribution in [1.82, 2.24) is 14.1 Å². The minimum atomic E-state index is 0.255. The molecule has 3 aromatic heterocycles. The van der Waals surface area contributed by atoms with Gasteiger partial charge in [0, 0.05) is 33.2 Å². The van der Waals surface area contributed by atoms with Gasteiger partial charge >= 0.3 is 0 Å². The second-order valence-electron chi connectivity index (χ2n) is 13.4. The summed E-state index contributed by atoms with van der Waals surface area (Å²) in [5, 5.41) is 5.00. The largest absolute Gasteiger partial charge is 0.309 e. The molecule has 0 bridgehead atoms. The predicted molar refractivity (Wildman–Crippen MR) is 210 cm³/mol. The molecule has 2 aliphatic carbocycles. The number of fused-ring (bicyclic) bond motifs is 6. The number of hydrogen-bond donors (Lipinski definition) is 0. The van der Waals surface area contributed by atoms with Crippen LogP contribution in [0.5, 0.6) is 0 Å². The van der Waals surface area contributed by atoms with Crippen LogP contribution in [0.15, 0.2) is 170 Å². The summed E-state index contributed by atoms with van der Waals surface area (Å²) >= 11 is 0. The Morgan fingerprint density at radius 1 is 0.560 bits per heavy atom. The Hall–Kier alpha value is -6.19. The molecule has 3 nitrogen and oxygen atoms in total. The fourth-order valence-electron chi connectivity index (χ4n) is 8.14. The molecule has 10 rings (SSSR count). The third-order valence-electron chi connectivity index (χ3n) is 10.4. The highest BCUT2D eigenvalue weighted by Gasteiger charge is 2.20. The minimum Gasteiger partial charge on any atom is -0.309 e. The average Bonchev–Trinajstić information content (AvgIpc) is 3.71. The highest BCUT2D eigenvalue weighted by Crippen LogP contribution is 2.41.